The lowest BCUT2D eigenvalue weighted by Gasteiger charge is -2.12. The van der Waals surface area contributed by atoms with Gasteiger partial charge in [-0.05, 0) is 48.9 Å². The van der Waals surface area contributed by atoms with Gasteiger partial charge in [0.1, 0.15) is 0 Å². The maximum atomic E-state index is 8.69. The van der Waals surface area contributed by atoms with E-state index >= 15 is 0 Å². The first-order valence-corrected chi connectivity index (χ1v) is 6.02. The van der Waals surface area contributed by atoms with Crippen molar-refractivity contribution in [2.75, 3.05) is 11.9 Å². The summed E-state index contributed by atoms with van der Waals surface area (Å²) in [6.45, 7) is 3.40. The fraction of sp³-hybridized carbons (Fsp3) is 0.500. The van der Waals surface area contributed by atoms with Crippen molar-refractivity contribution in [3.8, 4) is 6.07 Å². The number of nitrogens with one attached hydrogen (secondary N) is 1. The summed E-state index contributed by atoms with van der Waals surface area (Å²) in [4.78, 5) is 0. The van der Waals surface area contributed by atoms with Gasteiger partial charge in [-0.15, -0.1) is 0 Å². The van der Waals surface area contributed by atoms with Gasteiger partial charge in [0, 0.05) is 12.2 Å². The van der Waals surface area contributed by atoms with Crippen LogP contribution in [0.4, 0.5) is 5.69 Å². The first-order chi connectivity index (χ1) is 7.78. The third-order valence-electron chi connectivity index (χ3n) is 3.41. The van der Waals surface area contributed by atoms with Crippen molar-refractivity contribution in [3.63, 3.8) is 0 Å². The molecule has 0 saturated heterocycles. The summed E-state index contributed by atoms with van der Waals surface area (Å²) < 4.78 is 0. The number of rotatable bonds is 3. The van der Waals surface area contributed by atoms with E-state index in [9.17, 15) is 0 Å². The summed E-state index contributed by atoms with van der Waals surface area (Å²) in [5, 5.41) is 12.1. The fourth-order valence-corrected chi connectivity index (χ4v) is 2.44. The molecule has 0 heterocycles. The van der Waals surface area contributed by atoms with E-state index in [2.05, 4.69) is 18.3 Å². The molecule has 1 N–H and O–H groups in total. The van der Waals surface area contributed by atoms with E-state index in [4.69, 9.17) is 5.26 Å². The minimum Gasteiger partial charge on any atom is -0.385 e. The second-order valence-electron chi connectivity index (χ2n) is 4.85. The Hall–Kier alpha value is -1.49. The topological polar surface area (TPSA) is 35.8 Å². The van der Waals surface area contributed by atoms with E-state index in [1.165, 1.54) is 19.3 Å². The SMILES string of the molecule is CC1CCC(CNc2ccc(C#N)cc2)C1. The molecule has 2 rings (SSSR count). The Kier molecular flexibility index (Phi) is 3.46. The third-order valence-corrected chi connectivity index (χ3v) is 3.41. The normalized spacial score (nSPS) is 24.0. The predicted octanol–water partition coefficient (Wildman–Crippen LogP) is 3.41. The van der Waals surface area contributed by atoms with Gasteiger partial charge in [-0.3, -0.25) is 0 Å². The van der Waals surface area contributed by atoms with Gasteiger partial charge in [0.05, 0.1) is 11.6 Å². The average Bonchev–Trinajstić information content (AvgIpc) is 2.73. The Balaban J connectivity index is 1.83. The molecule has 2 unspecified atom stereocenters. The molecular formula is C14H18N2. The van der Waals surface area contributed by atoms with Crippen LogP contribution in [-0.2, 0) is 0 Å². The maximum Gasteiger partial charge on any atom is 0.0991 e. The molecule has 2 atom stereocenters. The summed E-state index contributed by atoms with van der Waals surface area (Å²) in [6.07, 6.45) is 4.08. The van der Waals surface area contributed by atoms with Crippen LogP contribution in [0.3, 0.4) is 0 Å². The summed E-state index contributed by atoms with van der Waals surface area (Å²) >= 11 is 0. The quantitative estimate of drug-likeness (QED) is 0.837. The molecule has 0 spiro atoms. The molecule has 1 aromatic rings. The maximum absolute atomic E-state index is 8.69. The second kappa shape index (κ2) is 5.03. The molecule has 1 fully saturated rings. The van der Waals surface area contributed by atoms with Crippen LogP contribution in [0, 0.1) is 23.2 Å². The molecule has 0 radical (unpaired) electrons. The molecule has 0 bridgehead atoms. The fourth-order valence-electron chi connectivity index (χ4n) is 2.44. The van der Waals surface area contributed by atoms with Crippen molar-refractivity contribution in [1.29, 1.82) is 5.26 Å². The Morgan fingerprint density at radius 1 is 1.31 bits per heavy atom. The zero-order valence-corrected chi connectivity index (χ0v) is 9.74. The van der Waals surface area contributed by atoms with Gasteiger partial charge in [-0.1, -0.05) is 13.3 Å². The third kappa shape index (κ3) is 2.76. The van der Waals surface area contributed by atoms with Gasteiger partial charge in [0.15, 0.2) is 0 Å². The average molecular weight is 214 g/mol. The van der Waals surface area contributed by atoms with Crippen molar-refractivity contribution in [2.45, 2.75) is 26.2 Å². The molecule has 1 aliphatic carbocycles. The van der Waals surface area contributed by atoms with Gasteiger partial charge in [0.25, 0.3) is 0 Å². The standard InChI is InChI=1S/C14H18N2/c1-11-2-3-13(8-11)10-16-14-6-4-12(9-15)5-7-14/h4-7,11,13,16H,2-3,8,10H2,1H3. The number of nitrogens with zero attached hydrogens (tertiary/aromatic N) is 1. The first-order valence-electron chi connectivity index (χ1n) is 6.02. The predicted molar refractivity (Wildman–Crippen MR) is 66.2 cm³/mol. The number of anilines is 1. The number of hydrogen-bond acceptors (Lipinski definition) is 2. The van der Waals surface area contributed by atoms with Gasteiger partial charge in [-0.25, -0.2) is 0 Å². The highest BCUT2D eigenvalue weighted by atomic mass is 14.9. The van der Waals surface area contributed by atoms with E-state index in [1.807, 2.05) is 24.3 Å². The molecule has 0 aliphatic heterocycles. The van der Waals surface area contributed by atoms with Gasteiger partial charge in [-0.2, -0.15) is 5.26 Å². The Labute approximate surface area is 97.3 Å². The molecule has 1 aliphatic rings. The highest BCUT2D eigenvalue weighted by molar-refractivity contribution is 5.47. The van der Waals surface area contributed by atoms with Crippen LogP contribution in [0.25, 0.3) is 0 Å². The molecule has 1 saturated carbocycles. The lowest BCUT2D eigenvalue weighted by molar-refractivity contribution is 0.537. The summed E-state index contributed by atoms with van der Waals surface area (Å²) in [7, 11) is 0. The van der Waals surface area contributed by atoms with E-state index < -0.39 is 0 Å². The smallest absolute Gasteiger partial charge is 0.0991 e. The van der Waals surface area contributed by atoms with Crippen molar-refractivity contribution >= 4 is 5.69 Å². The molecule has 2 nitrogen and oxygen atoms in total. The molecular weight excluding hydrogens is 196 g/mol. The van der Waals surface area contributed by atoms with Crippen LogP contribution in [0.15, 0.2) is 24.3 Å². The van der Waals surface area contributed by atoms with Crippen LogP contribution in [-0.4, -0.2) is 6.54 Å². The molecule has 0 aromatic heterocycles. The molecule has 1 aromatic carbocycles. The molecule has 84 valence electrons. The van der Waals surface area contributed by atoms with E-state index in [1.54, 1.807) is 0 Å². The Morgan fingerprint density at radius 2 is 2.06 bits per heavy atom. The summed E-state index contributed by atoms with van der Waals surface area (Å²) in [5.74, 6) is 1.72. The van der Waals surface area contributed by atoms with Crippen molar-refractivity contribution in [2.24, 2.45) is 11.8 Å². The molecule has 2 heteroatoms. The molecule has 16 heavy (non-hydrogen) atoms. The van der Waals surface area contributed by atoms with E-state index in [-0.39, 0.29) is 0 Å². The van der Waals surface area contributed by atoms with E-state index in [0.29, 0.717) is 0 Å². The zero-order chi connectivity index (χ0) is 11.4. The second-order valence-corrected chi connectivity index (χ2v) is 4.85. The van der Waals surface area contributed by atoms with Crippen LogP contribution in [0.2, 0.25) is 0 Å². The minimum absolute atomic E-state index is 0.722. The van der Waals surface area contributed by atoms with Crippen molar-refractivity contribution in [3.05, 3.63) is 29.8 Å². The van der Waals surface area contributed by atoms with E-state index in [0.717, 1.165) is 29.6 Å². The highest BCUT2D eigenvalue weighted by Crippen LogP contribution is 2.30. The summed E-state index contributed by atoms with van der Waals surface area (Å²) in [5.41, 5.74) is 1.85. The number of nitriles is 1. The van der Waals surface area contributed by atoms with Crippen LogP contribution in [0.5, 0.6) is 0 Å². The number of hydrogen-bond donors (Lipinski definition) is 1. The van der Waals surface area contributed by atoms with Gasteiger partial charge >= 0.3 is 0 Å². The molecule has 0 amide bonds. The minimum atomic E-state index is 0.722. The lowest BCUT2D eigenvalue weighted by atomic mass is 10.1. The van der Waals surface area contributed by atoms with Crippen LogP contribution >= 0.6 is 0 Å². The van der Waals surface area contributed by atoms with Crippen LogP contribution in [0.1, 0.15) is 31.7 Å². The number of benzene rings is 1. The lowest BCUT2D eigenvalue weighted by Crippen LogP contribution is -2.11. The van der Waals surface area contributed by atoms with Crippen molar-refractivity contribution in [1.82, 2.24) is 0 Å². The monoisotopic (exact) mass is 214 g/mol. The Morgan fingerprint density at radius 3 is 2.62 bits per heavy atom. The van der Waals surface area contributed by atoms with Gasteiger partial charge in [0.2, 0.25) is 0 Å². The Bertz CT molecular complexity index is 375. The first kappa shape index (κ1) is 11.0. The van der Waals surface area contributed by atoms with Crippen LogP contribution < -0.4 is 5.32 Å². The van der Waals surface area contributed by atoms with Crippen molar-refractivity contribution < 1.29 is 0 Å². The summed E-state index contributed by atoms with van der Waals surface area (Å²) in [6, 6.07) is 9.82. The largest absolute Gasteiger partial charge is 0.385 e. The van der Waals surface area contributed by atoms with Gasteiger partial charge < -0.3 is 5.32 Å². The zero-order valence-electron chi connectivity index (χ0n) is 9.74. The highest BCUT2D eigenvalue weighted by Gasteiger charge is 2.20.